The van der Waals surface area contributed by atoms with E-state index in [4.69, 9.17) is 0 Å². The number of hydrogen-bond acceptors (Lipinski definition) is 2. The first-order chi connectivity index (χ1) is 7.74. The fourth-order valence-electron chi connectivity index (χ4n) is 3.49. The number of carbonyl (C=O) groups excluding carboxylic acids is 1. The molecular weight excluding hydrogens is 212 g/mol. The molecule has 0 aromatic heterocycles. The molecule has 0 bridgehead atoms. The maximum absolute atomic E-state index is 11.7. The minimum atomic E-state index is 0.179. The summed E-state index contributed by atoms with van der Waals surface area (Å²) in [4.78, 5) is 11.7. The lowest BCUT2D eigenvalue weighted by Gasteiger charge is -2.45. The average Bonchev–Trinajstić information content (AvgIpc) is 2.09. The normalized spacial score (nSPS) is 23.4. The molecule has 1 fully saturated rings. The first-order valence-electron chi connectivity index (χ1n) is 6.68. The molecule has 0 heterocycles. The summed E-state index contributed by atoms with van der Waals surface area (Å²) >= 11 is 0. The third-order valence-corrected chi connectivity index (χ3v) is 3.52. The van der Waals surface area contributed by atoms with Crippen LogP contribution in [0.15, 0.2) is 0 Å². The van der Waals surface area contributed by atoms with Gasteiger partial charge in [0, 0.05) is 19.0 Å². The van der Waals surface area contributed by atoms with Gasteiger partial charge in [-0.05, 0) is 37.1 Å². The van der Waals surface area contributed by atoms with Crippen LogP contribution in [-0.4, -0.2) is 25.5 Å². The van der Waals surface area contributed by atoms with Crippen molar-refractivity contribution in [2.75, 3.05) is 13.6 Å². The van der Waals surface area contributed by atoms with Crippen LogP contribution in [0.3, 0.4) is 0 Å². The molecule has 1 aliphatic carbocycles. The number of nitrogens with one attached hydrogen (secondary N) is 2. The lowest BCUT2D eigenvalue weighted by molar-refractivity contribution is -0.122. The molecule has 0 saturated heterocycles. The highest BCUT2D eigenvalue weighted by molar-refractivity contribution is 5.76. The maximum atomic E-state index is 11.7. The van der Waals surface area contributed by atoms with Gasteiger partial charge in [0.1, 0.15) is 0 Å². The van der Waals surface area contributed by atoms with Crippen molar-refractivity contribution in [2.45, 2.75) is 59.4 Å². The van der Waals surface area contributed by atoms with Gasteiger partial charge in [-0.15, -0.1) is 0 Å². The number of carbonyl (C=O) groups is 1. The van der Waals surface area contributed by atoms with E-state index in [1.807, 2.05) is 7.05 Å². The molecule has 0 aromatic rings. The van der Waals surface area contributed by atoms with Crippen molar-refractivity contribution in [3.05, 3.63) is 0 Å². The minimum absolute atomic E-state index is 0.179. The zero-order valence-electron chi connectivity index (χ0n) is 12.0. The van der Waals surface area contributed by atoms with Crippen LogP contribution in [0.4, 0.5) is 0 Å². The third kappa shape index (κ3) is 5.07. The van der Waals surface area contributed by atoms with Crippen LogP contribution in [0.1, 0.15) is 53.4 Å². The zero-order valence-corrected chi connectivity index (χ0v) is 12.0. The molecule has 0 aliphatic heterocycles. The Labute approximate surface area is 106 Å². The van der Waals surface area contributed by atoms with Crippen LogP contribution < -0.4 is 10.6 Å². The van der Waals surface area contributed by atoms with Crippen molar-refractivity contribution in [1.29, 1.82) is 0 Å². The summed E-state index contributed by atoms with van der Waals surface area (Å²) in [5.74, 6) is 0.179. The average molecular weight is 240 g/mol. The smallest absolute Gasteiger partial charge is 0.221 e. The van der Waals surface area contributed by atoms with E-state index in [1.165, 1.54) is 6.42 Å². The molecule has 1 rings (SSSR count). The monoisotopic (exact) mass is 240 g/mol. The van der Waals surface area contributed by atoms with E-state index >= 15 is 0 Å². The van der Waals surface area contributed by atoms with Crippen LogP contribution in [-0.2, 0) is 4.79 Å². The minimum Gasteiger partial charge on any atom is -0.353 e. The van der Waals surface area contributed by atoms with Crippen molar-refractivity contribution in [1.82, 2.24) is 10.6 Å². The molecule has 2 N–H and O–H groups in total. The Kier molecular flexibility index (Phi) is 4.59. The Balaban J connectivity index is 2.51. The standard InChI is InChI=1S/C14H28N2O/c1-13(2)8-11(9-14(3,4)10-13)16-12(17)6-7-15-5/h11,15H,6-10H2,1-5H3,(H,16,17). The summed E-state index contributed by atoms with van der Waals surface area (Å²) < 4.78 is 0. The fourth-order valence-corrected chi connectivity index (χ4v) is 3.49. The molecule has 0 atom stereocenters. The topological polar surface area (TPSA) is 41.1 Å². The van der Waals surface area contributed by atoms with E-state index < -0.39 is 0 Å². The Bertz CT molecular complexity index is 255. The lowest BCUT2D eigenvalue weighted by Crippen LogP contribution is -2.46. The first-order valence-corrected chi connectivity index (χ1v) is 6.68. The van der Waals surface area contributed by atoms with Gasteiger partial charge in [-0.3, -0.25) is 4.79 Å². The van der Waals surface area contributed by atoms with Gasteiger partial charge in [0.15, 0.2) is 0 Å². The highest BCUT2D eigenvalue weighted by Gasteiger charge is 2.38. The molecule has 3 heteroatoms. The summed E-state index contributed by atoms with van der Waals surface area (Å²) in [6, 6.07) is 0.345. The van der Waals surface area contributed by atoms with Crippen LogP contribution in [0.5, 0.6) is 0 Å². The van der Waals surface area contributed by atoms with E-state index in [9.17, 15) is 4.79 Å². The summed E-state index contributed by atoms with van der Waals surface area (Å²) in [5.41, 5.74) is 0.672. The largest absolute Gasteiger partial charge is 0.353 e. The molecule has 17 heavy (non-hydrogen) atoms. The second kappa shape index (κ2) is 5.38. The molecule has 1 aliphatic rings. The van der Waals surface area contributed by atoms with Crippen molar-refractivity contribution in [3.63, 3.8) is 0 Å². The van der Waals surface area contributed by atoms with Gasteiger partial charge in [-0.25, -0.2) is 0 Å². The van der Waals surface area contributed by atoms with Gasteiger partial charge >= 0.3 is 0 Å². The molecule has 0 unspecified atom stereocenters. The fraction of sp³-hybridized carbons (Fsp3) is 0.929. The lowest BCUT2D eigenvalue weighted by atomic mass is 9.63. The van der Waals surface area contributed by atoms with Crippen LogP contribution in [0, 0.1) is 10.8 Å². The second-order valence-electron chi connectivity index (χ2n) is 7.03. The zero-order chi connectivity index (χ0) is 13.1. The predicted octanol–water partition coefficient (Wildman–Crippen LogP) is 2.32. The molecule has 100 valence electrons. The Morgan fingerprint density at radius 1 is 1.18 bits per heavy atom. The highest BCUT2D eigenvalue weighted by Crippen LogP contribution is 2.45. The molecule has 1 saturated carbocycles. The second-order valence-corrected chi connectivity index (χ2v) is 7.03. The Morgan fingerprint density at radius 2 is 1.71 bits per heavy atom. The summed E-state index contributed by atoms with van der Waals surface area (Å²) in [5, 5.41) is 6.19. The number of hydrogen-bond donors (Lipinski definition) is 2. The van der Waals surface area contributed by atoms with E-state index in [0.29, 0.717) is 23.3 Å². The highest BCUT2D eigenvalue weighted by atomic mass is 16.1. The van der Waals surface area contributed by atoms with Crippen molar-refractivity contribution in [3.8, 4) is 0 Å². The van der Waals surface area contributed by atoms with E-state index in [0.717, 1.165) is 19.4 Å². The molecule has 1 amide bonds. The maximum Gasteiger partial charge on any atom is 0.221 e. The third-order valence-electron chi connectivity index (χ3n) is 3.52. The Hall–Kier alpha value is -0.570. The van der Waals surface area contributed by atoms with E-state index in [1.54, 1.807) is 0 Å². The number of rotatable bonds is 4. The summed E-state index contributed by atoms with van der Waals surface area (Å²) in [6.45, 7) is 9.98. The molecule has 0 radical (unpaired) electrons. The van der Waals surface area contributed by atoms with Crippen LogP contribution in [0.25, 0.3) is 0 Å². The quantitative estimate of drug-likeness (QED) is 0.792. The van der Waals surface area contributed by atoms with Crippen LogP contribution in [0.2, 0.25) is 0 Å². The predicted molar refractivity (Wildman–Crippen MR) is 71.9 cm³/mol. The molecule has 0 aromatic carbocycles. The summed E-state index contributed by atoms with van der Waals surface area (Å²) in [6.07, 6.45) is 4.01. The van der Waals surface area contributed by atoms with Gasteiger partial charge < -0.3 is 10.6 Å². The van der Waals surface area contributed by atoms with Gasteiger partial charge in [-0.1, -0.05) is 27.7 Å². The summed E-state index contributed by atoms with van der Waals surface area (Å²) in [7, 11) is 1.88. The van der Waals surface area contributed by atoms with Gasteiger partial charge in [0.25, 0.3) is 0 Å². The van der Waals surface area contributed by atoms with Crippen molar-refractivity contribution >= 4 is 5.91 Å². The first kappa shape index (κ1) is 14.5. The Morgan fingerprint density at radius 3 is 2.18 bits per heavy atom. The van der Waals surface area contributed by atoms with Gasteiger partial charge in [-0.2, -0.15) is 0 Å². The van der Waals surface area contributed by atoms with E-state index in [2.05, 4.69) is 38.3 Å². The van der Waals surface area contributed by atoms with Crippen molar-refractivity contribution < 1.29 is 4.79 Å². The van der Waals surface area contributed by atoms with Crippen molar-refractivity contribution in [2.24, 2.45) is 10.8 Å². The SMILES string of the molecule is CNCCC(=O)NC1CC(C)(C)CC(C)(C)C1. The van der Waals surface area contributed by atoms with Crippen LogP contribution >= 0.6 is 0 Å². The van der Waals surface area contributed by atoms with Gasteiger partial charge in [0.2, 0.25) is 5.91 Å². The number of amides is 1. The molecular formula is C14H28N2O. The van der Waals surface area contributed by atoms with Gasteiger partial charge in [0.05, 0.1) is 0 Å². The van der Waals surface area contributed by atoms with E-state index in [-0.39, 0.29) is 5.91 Å². The molecule has 3 nitrogen and oxygen atoms in total. The molecule has 0 spiro atoms.